The minimum absolute atomic E-state index is 0.0920. The number of nitrogens with zero attached hydrogens (tertiary/aromatic N) is 1. The summed E-state index contributed by atoms with van der Waals surface area (Å²) in [7, 11) is 1.52. The Labute approximate surface area is 165 Å². The Kier molecular flexibility index (Phi) is 6.22. The largest absolute Gasteiger partial charge is 0.496 e. The summed E-state index contributed by atoms with van der Waals surface area (Å²) < 4.78 is 5.31. The summed E-state index contributed by atoms with van der Waals surface area (Å²) in [6.07, 6.45) is 10.6. The lowest BCUT2D eigenvalue weighted by molar-refractivity contribution is 0.0937. The van der Waals surface area contributed by atoms with Crippen molar-refractivity contribution >= 4 is 23.2 Å². The number of ether oxygens (including phenoxy) is 1. The summed E-state index contributed by atoms with van der Waals surface area (Å²) in [5.74, 6) is 0.215. The summed E-state index contributed by atoms with van der Waals surface area (Å²) in [5.41, 5.74) is 7.70. The molecule has 3 N–H and O–H groups in total. The van der Waals surface area contributed by atoms with Crippen LogP contribution in [0.3, 0.4) is 0 Å². The zero-order valence-electron chi connectivity index (χ0n) is 15.6. The molecule has 1 aromatic heterocycles. The van der Waals surface area contributed by atoms with Gasteiger partial charge < -0.3 is 15.8 Å². The van der Waals surface area contributed by atoms with Crippen molar-refractivity contribution in [2.75, 3.05) is 19.4 Å². The molecule has 1 aliphatic rings. The highest BCUT2D eigenvalue weighted by molar-refractivity contribution is 6.33. The van der Waals surface area contributed by atoms with Crippen LogP contribution in [-0.2, 0) is 5.41 Å². The molecule has 6 heteroatoms. The molecule has 0 radical (unpaired) electrons. The van der Waals surface area contributed by atoms with E-state index in [0.717, 1.165) is 25.7 Å². The fourth-order valence-corrected chi connectivity index (χ4v) is 4.07. The maximum Gasteiger partial charge on any atom is 0.255 e. The molecule has 1 fully saturated rings. The summed E-state index contributed by atoms with van der Waals surface area (Å²) in [6.45, 7) is 0.558. The van der Waals surface area contributed by atoms with Crippen LogP contribution in [0.25, 0.3) is 0 Å². The number of rotatable bonds is 5. The van der Waals surface area contributed by atoms with Crippen molar-refractivity contribution in [1.82, 2.24) is 10.3 Å². The molecule has 0 aliphatic heterocycles. The molecule has 27 heavy (non-hydrogen) atoms. The molecule has 0 atom stereocenters. The number of carbonyl (C=O) groups is 1. The zero-order valence-corrected chi connectivity index (χ0v) is 16.4. The molecule has 1 amide bonds. The van der Waals surface area contributed by atoms with E-state index in [2.05, 4.69) is 16.4 Å². The van der Waals surface area contributed by atoms with Crippen molar-refractivity contribution in [3.63, 3.8) is 0 Å². The monoisotopic (exact) mass is 387 g/mol. The second-order valence-corrected chi connectivity index (χ2v) is 7.60. The summed E-state index contributed by atoms with van der Waals surface area (Å²) >= 11 is 6.11. The number of amides is 1. The third-order valence-corrected chi connectivity index (χ3v) is 5.81. The van der Waals surface area contributed by atoms with Gasteiger partial charge in [0.15, 0.2) is 0 Å². The molecular formula is C21H26ClN3O2. The fraction of sp³-hybridized carbons (Fsp3) is 0.429. The van der Waals surface area contributed by atoms with Gasteiger partial charge in [-0.1, -0.05) is 43.4 Å². The van der Waals surface area contributed by atoms with Gasteiger partial charge in [-0.3, -0.25) is 9.78 Å². The van der Waals surface area contributed by atoms with Gasteiger partial charge in [0.25, 0.3) is 5.91 Å². The molecule has 5 nitrogen and oxygen atoms in total. The third-order valence-electron chi connectivity index (χ3n) is 5.49. The molecule has 0 unspecified atom stereocenters. The van der Waals surface area contributed by atoms with E-state index in [0.29, 0.717) is 28.6 Å². The maximum absolute atomic E-state index is 12.9. The van der Waals surface area contributed by atoms with E-state index < -0.39 is 0 Å². The van der Waals surface area contributed by atoms with Crippen molar-refractivity contribution in [3.8, 4) is 5.75 Å². The molecule has 2 aromatic rings. The number of methoxy groups -OCH3 is 1. The van der Waals surface area contributed by atoms with E-state index in [1.54, 1.807) is 18.3 Å². The fourth-order valence-electron chi connectivity index (χ4n) is 3.91. The Morgan fingerprint density at radius 2 is 2.04 bits per heavy atom. The number of nitrogen functional groups attached to an aromatic ring is 1. The van der Waals surface area contributed by atoms with Crippen molar-refractivity contribution in [2.24, 2.45) is 0 Å². The Bertz CT molecular complexity index is 788. The lowest BCUT2D eigenvalue weighted by Crippen LogP contribution is -2.40. The zero-order chi connectivity index (χ0) is 19.3. The summed E-state index contributed by atoms with van der Waals surface area (Å²) in [4.78, 5) is 17.2. The quantitative estimate of drug-likeness (QED) is 0.590. The van der Waals surface area contributed by atoms with Gasteiger partial charge in [0.2, 0.25) is 0 Å². The number of anilines is 1. The molecule has 144 valence electrons. The number of hydrogen-bond acceptors (Lipinski definition) is 4. The molecule has 1 heterocycles. The van der Waals surface area contributed by atoms with Crippen LogP contribution in [0.1, 0.15) is 54.4 Å². The predicted molar refractivity (Wildman–Crippen MR) is 108 cm³/mol. The van der Waals surface area contributed by atoms with E-state index in [4.69, 9.17) is 22.1 Å². The van der Waals surface area contributed by atoms with Crippen LogP contribution < -0.4 is 15.8 Å². The summed E-state index contributed by atoms with van der Waals surface area (Å²) in [5, 5.41) is 3.46. The Morgan fingerprint density at radius 1 is 1.30 bits per heavy atom. The van der Waals surface area contributed by atoms with Gasteiger partial charge in [-0.05, 0) is 30.5 Å². The van der Waals surface area contributed by atoms with Crippen LogP contribution in [0, 0.1) is 0 Å². The number of pyridine rings is 1. The minimum Gasteiger partial charge on any atom is -0.496 e. The number of carbonyl (C=O) groups excluding carboxylic acids is 1. The lowest BCUT2D eigenvalue weighted by atomic mass is 9.74. The minimum atomic E-state index is -0.207. The lowest BCUT2D eigenvalue weighted by Gasteiger charge is -2.33. The first-order valence-corrected chi connectivity index (χ1v) is 9.75. The number of nitrogens with two attached hydrogens (primary N) is 1. The molecule has 3 rings (SSSR count). The van der Waals surface area contributed by atoms with Crippen molar-refractivity contribution < 1.29 is 9.53 Å². The Balaban J connectivity index is 1.84. The first-order valence-electron chi connectivity index (χ1n) is 9.37. The Hall–Kier alpha value is -2.27. The van der Waals surface area contributed by atoms with Crippen LogP contribution in [-0.4, -0.2) is 24.5 Å². The number of nitrogens with one attached hydrogen (secondary N) is 1. The topological polar surface area (TPSA) is 77.2 Å². The van der Waals surface area contributed by atoms with Crippen molar-refractivity contribution in [1.29, 1.82) is 0 Å². The van der Waals surface area contributed by atoms with Crippen LogP contribution in [0.15, 0.2) is 36.7 Å². The first kappa shape index (κ1) is 19.5. The standard InChI is InChI=1S/C21H26ClN3O2/c1-27-19-12-18(23)17(22)11-16(19)20(26)25-14-21(8-4-2-3-5-9-21)15-7-6-10-24-13-15/h6-7,10-13H,2-5,8-9,14,23H2,1H3,(H,25,26). The van der Waals surface area contributed by atoms with Gasteiger partial charge in [-0.15, -0.1) is 0 Å². The molecule has 0 saturated heterocycles. The molecule has 0 bridgehead atoms. The average molecular weight is 388 g/mol. The highest BCUT2D eigenvalue weighted by Gasteiger charge is 2.33. The molecule has 1 aromatic carbocycles. The van der Waals surface area contributed by atoms with E-state index in [1.165, 1.54) is 25.5 Å². The van der Waals surface area contributed by atoms with Crippen molar-refractivity contribution in [2.45, 2.75) is 43.9 Å². The number of hydrogen-bond donors (Lipinski definition) is 2. The molecular weight excluding hydrogens is 362 g/mol. The number of benzene rings is 1. The van der Waals surface area contributed by atoms with Crippen LogP contribution in [0.5, 0.6) is 5.75 Å². The maximum atomic E-state index is 12.9. The first-order chi connectivity index (χ1) is 13.1. The van der Waals surface area contributed by atoms with Gasteiger partial charge in [-0.2, -0.15) is 0 Å². The van der Waals surface area contributed by atoms with E-state index in [1.807, 2.05) is 12.3 Å². The normalized spacial score (nSPS) is 16.4. The molecule has 0 spiro atoms. The highest BCUT2D eigenvalue weighted by Crippen LogP contribution is 2.38. The van der Waals surface area contributed by atoms with Gasteiger partial charge >= 0.3 is 0 Å². The summed E-state index contributed by atoms with van der Waals surface area (Å²) in [6, 6.07) is 7.23. The van der Waals surface area contributed by atoms with E-state index in [-0.39, 0.29) is 11.3 Å². The Morgan fingerprint density at radius 3 is 2.67 bits per heavy atom. The van der Waals surface area contributed by atoms with Crippen molar-refractivity contribution in [3.05, 3.63) is 52.8 Å². The van der Waals surface area contributed by atoms with E-state index in [9.17, 15) is 4.79 Å². The SMILES string of the molecule is COc1cc(N)c(Cl)cc1C(=O)NCC1(c2cccnc2)CCCCCC1. The van der Waals surface area contributed by atoms with Gasteiger partial charge in [0, 0.05) is 30.4 Å². The van der Waals surface area contributed by atoms with Gasteiger partial charge in [0.1, 0.15) is 5.75 Å². The van der Waals surface area contributed by atoms with Gasteiger partial charge in [0.05, 0.1) is 23.4 Å². The van der Waals surface area contributed by atoms with Crippen LogP contribution in [0.2, 0.25) is 5.02 Å². The average Bonchev–Trinajstić information content (AvgIpc) is 2.95. The number of halogens is 1. The second kappa shape index (κ2) is 8.61. The second-order valence-electron chi connectivity index (χ2n) is 7.19. The predicted octanol–water partition coefficient (Wildman–Crippen LogP) is 4.35. The van der Waals surface area contributed by atoms with Crippen LogP contribution in [0.4, 0.5) is 5.69 Å². The third kappa shape index (κ3) is 4.35. The molecule has 1 saturated carbocycles. The highest BCUT2D eigenvalue weighted by atomic mass is 35.5. The van der Waals surface area contributed by atoms with Gasteiger partial charge in [-0.25, -0.2) is 0 Å². The van der Waals surface area contributed by atoms with E-state index >= 15 is 0 Å². The van der Waals surface area contributed by atoms with Crippen LogP contribution >= 0.6 is 11.6 Å². The number of aromatic nitrogens is 1. The smallest absolute Gasteiger partial charge is 0.255 e. The molecule has 1 aliphatic carbocycles.